The first kappa shape index (κ1) is 26.7. The molecular formula is C28H33FN4O3S. The SMILES string of the molecule is COc1ccc(-n2nc(C(C)(C)C)c3c2N(CC(=O)NC(C)C)C(=O)CS[C@H]3c2ccc(F)cc2)cc1. The molecule has 37 heavy (non-hydrogen) atoms. The Hall–Kier alpha value is -3.33. The van der Waals surface area contributed by atoms with Gasteiger partial charge in [0.2, 0.25) is 11.8 Å². The van der Waals surface area contributed by atoms with Crippen LogP contribution in [0, 0.1) is 5.82 Å². The maximum Gasteiger partial charge on any atom is 0.240 e. The van der Waals surface area contributed by atoms with Crippen LogP contribution in [-0.4, -0.2) is 47.0 Å². The Balaban J connectivity index is 1.99. The molecule has 0 unspecified atom stereocenters. The predicted molar refractivity (Wildman–Crippen MR) is 145 cm³/mol. The van der Waals surface area contributed by atoms with Crippen molar-refractivity contribution in [2.75, 3.05) is 24.3 Å². The molecule has 0 bridgehead atoms. The highest BCUT2D eigenvalue weighted by Crippen LogP contribution is 2.48. The topological polar surface area (TPSA) is 76.5 Å². The van der Waals surface area contributed by atoms with Crippen molar-refractivity contribution in [3.63, 3.8) is 0 Å². The predicted octanol–water partition coefficient (Wildman–Crippen LogP) is 5.01. The summed E-state index contributed by atoms with van der Waals surface area (Å²) in [7, 11) is 1.60. The molecule has 0 aliphatic carbocycles. The number of nitrogens with one attached hydrogen (secondary N) is 1. The van der Waals surface area contributed by atoms with Crippen LogP contribution in [0.4, 0.5) is 10.2 Å². The quantitative estimate of drug-likeness (QED) is 0.491. The van der Waals surface area contributed by atoms with Crippen molar-refractivity contribution in [3.05, 3.63) is 71.2 Å². The van der Waals surface area contributed by atoms with Crippen LogP contribution in [0.15, 0.2) is 48.5 Å². The van der Waals surface area contributed by atoms with Crippen LogP contribution in [0.1, 0.15) is 56.7 Å². The molecule has 2 heterocycles. The summed E-state index contributed by atoms with van der Waals surface area (Å²) in [6, 6.07) is 13.7. The molecule has 3 aromatic rings. The molecule has 196 valence electrons. The summed E-state index contributed by atoms with van der Waals surface area (Å²) in [5.74, 6) is 0.651. The van der Waals surface area contributed by atoms with Crippen molar-refractivity contribution in [3.8, 4) is 11.4 Å². The average Bonchev–Trinajstić information content (AvgIpc) is 3.18. The second-order valence-corrected chi connectivity index (χ2v) is 11.5. The molecule has 0 saturated heterocycles. The molecule has 7 nitrogen and oxygen atoms in total. The Bertz CT molecular complexity index is 1280. The number of hydrogen-bond acceptors (Lipinski definition) is 5. The minimum atomic E-state index is -0.375. The van der Waals surface area contributed by atoms with Crippen LogP contribution in [0.5, 0.6) is 5.75 Å². The number of rotatable bonds is 6. The van der Waals surface area contributed by atoms with E-state index in [2.05, 4.69) is 26.1 Å². The minimum Gasteiger partial charge on any atom is -0.497 e. The molecular weight excluding hydrogens is 491 g/mol. The highest BCUT2D eigenvalue weighted by Gasteiger charge is 2.40. The highest BCUT2D eigenvalue weighted by molar-refractivity contribution is 8.00. The number of carbonyl (C=O) groups excluding carboxylic acids is 2. The van der Waals surface area contributed by atoms with Crippen LogP contribution in [-0.2, 0) is 15.0 Å². The van der Waals surface area contributed by atoms with Crippen LogP contribution in [0.25, 0.3) is 5.69 Å². The third-order valence-electron chi connectivity index (χ3n) is 6.04. The number of methoxy groups -OCH3 is 1. The number of fused-ring (bicyclic) bond motifs is 1. The molecule has 1 aromatic heterocycles. The van der Waals surface area contributed by atoms with Gasteiger partial charge < -0.3 is 10.1 Å². The maximum atomic E-state index is 13.8. The Kier molecular flexibility index (Phi) is 7.64. The summed E-state index contributed by atoms with van der Waals surface area (Å²) in [6.07, 6.45) is 0. The molecule has 0 saturated carbocycles. The first-order chi connectivity index (χ1) is 17.5. The van der Waals surface area contributed by atoms with E-state index in [-0.39, 0.29) is 46.6 Å². The van der Waals surface area contributed by atoms with Gasteiger partial charge in [-0.2, -0.15) is 5.10 Å². The summed E-state index contributed by atoms with van der Waals surface area (Å²) in [5, 5.41) is 7.66. The number of anilines is 1. The molecule has 0 spiro atoms. The lowest BCUT2D eigenvalue weighted by molar-refractivity contribution is -0.123. The lowest BCUT2D eigenvalue weighted by Crippen LogP contribution is -2.44. The van der Waals surface area contributed by atoms with Crippen molar-refractivity contribution >= 4 is 29.4 Å². The van der Waals surface area contributed by atoms with Gasteiger partial charge in [-0.1, -0.05) is 32.9 Å². The number of thioether (sulfide) groups is 1. The Morgan fingerprint density at radius 3 is 2.38 bits per heavy atom. The van der Waals surface area contributed by atoms with E-state index in [4.69, 9.17) is 9.84 Å². The van der Waals surface area contributed by atoms with Gasteiger partial charge in [0.1, 0.15) is 23.9 Å². The summed E-state index contributed by atoms with van der Waals surface area (Å²) in [6.45, 7) is 9.85. The van der Waals surface area contributed by atoms with Gasteiger partial charge in [0, 0.05) is 17.0 Å². The fraction of sp³-hybridized carbons (Fsp3) is 0.393. The number of hydrogen-bond donors (Lipinski definition) is 1. The van der Waals surface area contributed by atoms with Gasteiger partial charge in [0.15, 0.2) is 0 Å². The lowest BCUT2D eigenvalue weighted by atomic mass is 9.87. The van der Waals surface area contributed by atoms with E-state index in [9.17, 15) is 14.0 Å². The van der Waals surface area contributed by atoms with E-state index in [1.807, 2.05) is 38.1 Å². The average molecular weight is 525 g/mol. The second-order valence-electron chi connectivity index (χ2n) is 10.4. The Morgan fingerprint density at radius 2 is 1.81 bits per heavy atom. The Morgan fingerprint density at radius 1 is 1.16 bits per heavy atom. The van der Waals surface area contributed by atoms with Gasteiger partial charge in [0.25, 0.3) is 0 Å². The molecule has 2 aromatic carbocycles. The summed E-state index contributed by atoms with van der Waals surface area (Å²) in [5.41, 5.74) is 2.89. The van der Waals surface area contributed by atoms with E-state index in [0.717, 1.165) is 22.5 Å². The van der Waals surface area contributed by atoms with Gasteiger partial charge in [-0.25, -0.2) is 9.07 Å². The minimum absolute atomic E-state index is 0.0629. The standard InChI is InChI=1S/C28H33FN4O3S/c1-17(2)30-22(34)15-32-23(35)16-37-25(18-7-9-19(29)10-8-18)24-26(28(3,4)5)31-33(27(24)32)20-11-13-21(36-6)14-12-20/h7-14,17,25H,15-16H2,1-6H3,(H,30,34)/t25-/m0/s1. The number of halogens is 1. The summed E-state index contributed by atoms with van der Waals surface area (Å²) in [4.78, 5) is 28.0. The molecule has 2 amide bonds. The first-order valence-corrected chi connectivity index (χ1v) is 13.3. The number of aromatic nitrogens is 2. The maximum absolute atomic E-state index is 13.8. The lowest BCUT2D eigenvalue weighted by Gasteiger charge is -2.25. The van der Waals surface area contributed by atoms with Crippen LogP contribution < -0.4 is 15.0 Å². The zero-order chi connectivity index (χ0) is 26.9. The number of amides is 2. The van der Waals surface area contributed by atoms with E-state index in [1.54, 1.807) is 23.9 Å². The van der Waals surface area contributed by atoms with Crippen LogP contribution >= 0.6 is 11.8 Å². The molecule has 1 aliphatic heterocycles. The first-order valence-electron chi connectivity index (χ1n) is 12.2. The molecule has 0 fully saturated rings. The number of ether oxygens (including phenoxy) is 1. The molecule has 9 heteroatoms. The van der Waals surface area contributed by atoms with Gasteiger partial charge in [-0.3, -0.25) is 14.5 Å². The number of nitrogens with zero attached hydrogens (tertiary/aromatic N) is 3. The van der Waals surface area contributed by atoms with E-state index in [0.29, 0.717) is 11.6 Å². The van der Waals surface area contributed by atoms with Gasteiger partial charge in [-0.05, 0) is 55.8 Å². The molecule has 1 atom stereocenters. The van der Waals surface area contributed by atoms with Crippen molar-refractivity contribution in [1.82, 2.24) is 15.1 Å². The molecule has 0 radical (unpaired) electrons. The van der Waals surface area contributed by atoms with Crippen LogP contribution in [0.3, 0.4) is 0 Å². The smallest absolute Gasteiger partial charge is 0.240 e. The zero-order valence-corrected chi connectivity index (χ0v) is 22.9. The molecule has 1 aliphatic rings. The van der Waals surface area contributed by atoms with Gasteiger partial charge >= 0.3 is 0 Å². The monoisotopic (exact) mass is 524 g/mol. The summed E-state index contributed by atoms with van der Waals surface area (Å²) < 4.78 is 20.9. The molecule has 1 N–H and O–H groups in total. The van der Waals surface area contributed by atoms with E-state index in [1.165, 1.54) is 28.8 Å². The summed E-state index contributed by atoms with van der Waals surface area (Å²) >= 11 is 1.46. The fourth-order valence-electron chi connectivity index (χ4n) is 4.39. The van der Waals surface area contributed by atoms with Gasteiger partial charge in [-0.15, -0.1) is 11.8 Å². The largest absolute Gasteiger partial charge is 0.497 e. The van der Waals surface area contributed by atoms with Crippen molar-refractivity contribution < 1.29 is 18.7 Å². The van der Waals surface area contributed by atoms with E-state index >= 15 is 0 Å². The van der Waals surface area contributed by atoms with E-state index < -0.39 is 0 Å². The van der Waals surface area contributed by atoms with Gasteiger partial charge in [0.05, 0.1) is 29.5 Å². The highest BCUT2D eigenvalue weighted by atomic mass is 32.2. The normalized spacial score (nSPS) is 15.9. The van der Waals surface area contributed by atoms with Crippen molar-refractivity contribution in [2.45, 2.75) is 51.3 Å². The Labute approximate surface area is 221 Å². The van der Waals surface area contributed by atoms with Crippen molar-refractivity contribution in [2.24, 2.45) is 0 Å². The molecule has 4 rings (SSSR count). The number of carbonyl (C=O) groups is 2. The van der Waals surface area contributed by atoms with Crippen LogP contribution in [0.2, 0.25) is 0 Å². The second kappa shape index (κ2) is 10.6. The third-order valence-corrected chi connectivity index (χ3v) is 7.30. The zero-order valence-electron chi connectivity index (χ0n) is 22.0. The number of benzene rings is 2. The fourth-order valence-corrected chi connectivity index (χ4v) is 5.59. The third kappa shape index (κ3) is 5.66. The van der Waals surface area contributed by atoms with Crippen molar-refractivity contribution in [1.29, 1.82) is 0 Å².